The number of Topliss-reactive ketones (excluding diaryl/α,β-unsaturated/α-hetero) is 2. The number of ketones is 2. The van der Waals surface area contributed by atoms with Gasteiger partial charge in [0.2, 0.25) is 6.10 Å². The highest BCUT2D eigenvalue weighted by atomic mass is 16.6. The molecule has 0 rings (SSSR count). The van der Waals surface area contributed by atoms with Crippen LogP contribution in [-0.4, -0.2) is 29.6 Å². The van der Waals surface area contributed by atoms with Gasteiger partial charge in [-0.25, -0.2) is 4.79 Å². The van der Waals surface area contributed by atoms with E-state index in [1.54, 1.807) is 0 Å². The number of carbonyl (C=O) groups excluding carboxylic acids is 4. The molecule has 0 saturated heterocycles. The molecule has 0 bridgehead atoms. The van der Waals surface area contributed by atoms with Crippen molar-refractivity contribution in [2.75, 3.05) is 0 Å². The first-order chi connectivity index (χ1) is 8.27. The van der Waals surface area contributed by atoms with Crippen molar-refractivity contribution in [2.45, 2.75) is 32.8 Å². The van der Waals surface area contributed by atoms with Gasteiger partial charge in [-0.3, -0.25) is 14.4 Å². The summed E-state index contributed by atoms with van der Waals surface area (Å²) >= 11 is 0. The van der Waals surface area contributed by atoms with Crippen LogP contribution < -0.4 is 0 Å². The van der Waals surface area contributed by atoms with Gasteiger partial charge in [0.25, 0.3) is 0 Å². The average Bonchev–Trinajstić information content (AvgIpc) is 2.26. The molecule has 0 spiro atoms. The van der Waals surface area contributed by atoms with Crippen LogP contribution in [-0.2, 0) is 28.7 Å². The van der Waals surface area contributed by atoms with Crippen molar-refractivity contribution in [3.63, 3.8) is 0 Å². The second kappa shape index (κ2) is 7.37. The molecule has 0 heterocycles. The van der Waals surface area contributed by atoms with Gasteiger partial charge in [-0.1, -0.05) is 6.58 Å². The highest BCUT2D eigenvalue weighted by Gasteiger charge is 2.26. The molecule has 98 valence electrons. The first-order valence-corrected chi connectivity index (χ1v) is 5.06. The fourth-order valence-corrected chi connectivity index (χ4v) is 1.01. The Morgan fingerprint density at radius 2 is 1.78 bits per heavy atom. The van der Waals surface area contributed by atoms with E-state index in [4.69, 9.17) is 4.74 Å². The van der Waals surface area contributed by atoms with Crippen molar-refractivity contribution < 1.29 is 28.7 Å². The van der Waals surface area contributed by atoms with E-state index in [9.17, 15) is 19.2 Å². The Balaban J connectivity index is 4.53. The molecule has 1 atom stereocenters. The Bertz CT molecular complexity index is 382. The van der Waals surface area contributed by atoms with E-state index in [1.165, 1.54) is 13.8 Å². The summed E-state index contributed by atoms with van der Waals surface area (Å²) in [4.78, 5) is 44.2. The quantitative estimate of drug-likeness (QED) is 0.489. The molecular formula is C12H14O6. The van der Waals surface area contributed by atoms with Crippen LogP contribution in [0.1, 0.15) is 26.7 Å². The zero-order valence-corrected chi connectivity index (χ0v) is 10.2. The minimum absolute atomic E-state index is 0.0442. The van der Waals surface area contributed by atoms with Gasteiger partial charge >= 0.3 is 11.9 Å². The third kappa shape index (κ3) is 5.93. The van der Waals surface area contributed by atoms with Gasteiger partial charge in [0, 0.05) is 0 Å². The monoisotopic (exact) mass is 254 g/mol. The minimum Gasteiger partial charge on any atom is -0.451 e. The summed E-state index contributed by atoms with van der Waals surface area (Å²) in [5, 5.41) is 0. The van der Waals surface area contributed by atoms with E-state index in [0.29, 0.717) is 0 Å². The van der Waals surface area contributed by atoms with Crippen LogP contribution in [0.15, 0.2) is 12.2 Å². The number of carbonyl (C=O) groups is 4. The van der Waals surface area contributed by atoms with Gasteiger partial charge in [0.05, 0.1) is 12.8 Å². The molecule has 0 aliphatic carbocycles. The van der Waals surface area contributed by atoms with E-state index in [2.05, 4.69) is 18.4 Å². The predicted octanol–water partition coefficient (Wildman–Crippen LogP) is 0.624. The molecule has 0 aliphatic heterocycles. The van der Waals surface area contributed by atoms with Crippen LogP contribution in [0.3, 0.4) is 0 Å². The zero-order chi connectivity index (χ0) is 14.3. The van der Waals surface area contributed by atoms with Gasteiger partial charge in [0.15, 0.2) is 12.9 Å². The molecule has 0 aromatic carbocycles. The smallest absolute Gasteiger partial charge is 0.348 e. The molecule has 0 aromatic rings. The molecule has 0 fully saturated rings. The van der Waals surface area contributed by atoms with Crippen LogP contribution in [0.25, 0.3) is 0 Å². The number of rotatable bonds is 7. The van der Waals surface area contributed by atoms with Gasteiger partial charge in [-0.15, -0.1) is 0 Å². The van der Waals surface area contributed by atoms with E-state index in [1.807, 2.05) is 0 Å². The number of esters is 2. The molecule has 6 nitrogen and oxygen atoms in total. The highest BCUT2D eigenvalue weighted by molar-refractivity contribution is 5.97. The zero-order valence-electron chi connectivity index (χ0n) is 10.2. The fraction of sp³-hybridized carbons (Fsp3) is 0.417. The topological polar surface area (TPSA) is 86.7 Å². The third-order valence-corrected chi connectivity index (χ3v) is 1.98. The molecule has 6 heteroatoms. The normalized spacial score (nSPS) is 11.3. The van der Waals surface area contributed by atoms with Crippen LogP contribution in [0.5, 0.6) is 0 Å². The Kier molecular flexibility index (Phi) is 6.56. The molecule has 0 amide bonds. The van der Waals surface area contributed by atoms with E-state index in [0.717, 1.165) is 0 Å². The Morgan fingerprint density at radius 3 is 2.17 bits per heavy atom. The summed E-state index contributed by atoms with van der Waals surface area (Å²) in [6.45, 7) is 5.84. The minimum atomic E-state index is -1.40. The largest absolute Gasteiger partial charge is 0.451 e. The molecule has 0 aromatic heterocycles. The first-order valence-electron chi connectivity index (χ1n) is 5.06. The molecular weight excluding hydrogens is 240 g/mol. The van der Waals surface area contributed by atoms with E-state index >= 15 is 0 Å². The SMILES string of the molecule is [CH]OC(=O)C(CC(C)=O)OC(=O)CC(=C)C(C)=O. The standard InChI is InChI=1S/C12H14O6/c1-7(9(3)14)5-11(15)18-10(6-8(2)13)12(16)17-4/h4,10H,1,5-6H2,2-3H3. The summed E-state index contributed by atoms with van der Waals surface area (Å²) in [7, 11) is 4.65. The van der Waals surface area contributed by atoms with Crippen molar-refractivity contribution in [3.05, 3.63) is 19.3 Å². The maximum Gasteiger partial charge on any atom is 0.348 e. The molecule has 0 aliphatic rings. The van der Waals surface area contributed by atoms with E-state index in [-0.39, 0.29) is 30.0 Å². The molecule has 0 N–H and O–H groups in total. The Morgan fingerprint density at radius 1 is 1.22 bits per heavy atom. The summed E-state index contributed by atoms with van der Waals surface area (Å²) in [6.07, 6.45) is -2.10. The maximum atomic E-state index is 11.4. The van der Waals surface area contributed by atoms with E-state index < -0.39 is 18.0 Å². The summed E-state index contributed by atoms with van der Waals surface area (Å²) in [5.41, 5.74) is 0.0442. The number of ether oxygens (including phenoxy) is 2. The lowest BCUT2D eigenvalue weighted by molar-refractivity contribution is -0.165. The average molecular weight is 254 g/mol. The lowest BCUT2D eigenvalue weighted by Gasteiger charge is -2.14. The molecule has 2 radical (unpaired) electrons. The summed E-state index contributed by atoms with van der Waals surface area (Å²) in [6, 6.07) is 0. The lowest BCUT2D eigenvalue weighted by atomic mass is 10.1. The third-order valence-electron chi connectivity index (χ3n) is 1.98. The summed E-state index contributed by atoms with van der Waals surface area (Å²) < 4.78 is 8.62. The van der Waals surface area contributed by atoms with Crippen LogP contribution in [0.2, 0.25) is 0 Å². The van der Waals surface area contributed by atoms with Crippen molar-refractivity contribution in [1.82, 2.24) is 0 Å². The van der Waals surface area contributed by atoms with Gasteiger partial charge in [-0.05, 0) is 19.4 Å². The van der Waals surface area contributed by atoms with Crippen LogP contribution in [0, 0.1) is 7.11 Å². The van der Waals surface area contributed by atoms with Crippen molar-refractivity contribution >= 4 is 23.5 Å². The van der Waals surface area contributed by atoms with Crippen LogP contribution >= 0.6 is 0 Å². The number of hydrogen-bond acceptors (Lipinski definition) is 6. The highest BCUT2D eigenvalue weighted by Crippen LogP contribution is 2.08. The molecule has 18 heavy (non-hydrogen) atoms. The van der Waals surface area contributed by atoms with Gasteiger partial charge < -0.3 is 9.47 Å². The van der Waals surface area contributed by atoms with Gasteiger partial charge in [0.1, 0.15) is 5.78 Å². The maximum absolute atomic E-state index is 11.4. The Labute approximate surface area is 105 Å². The van der Waals surface area contributed by atoms with Crippen molar-refractivity contribution in [2.24, 2.45) is 0 Å². The molecule has 0 saturated carbocycles. The predicted molar refractivity (Wildman–Crippen MR) is 60.0 cm³/mol. The second-order valence-electron chi connectivity index (χ2n) is 3.66. The second-order valence-corrected chi connectivity index (χ2v) is 3.66. The van der Waals surface area contributed by atoms with Crippen LogP contribution in [0.4, 0.5) is 0 Å². The van der Waals surface area contributed by atoms with Crippen molar-refractivity contribution in [3.8, 4) is 0 Å². The van der Waals surface area contributed by atoms with Gasteiger partial charge in [-0.2, -0.15) is 0 Å². The fourth-order valence-electron chi connectivity index (χ4n) is 1.01. The number of hydrogen-bond donors (Lipinski definition) is 0. The Hall–Kier alpha value is -1.98. The lowest BCUT2D eigenvalue weighted by Crippen LogP contribution is -2.30. The van der Waals surface area contributed by atoms with Crippen molar-refractivity contribution in [1.29, 1.82) is 0 Å². The molecule has 1 unspecified atom stereocenters. The first kappa shape index (κ1) is 16.0. The summed E-state index contributed by atoms with van der Waals surface area (Å²) in [5.74, 6) is -2.63.